The number of halogens is 1. The van der Waals surface area contributed by atoms with Gasteiger partial charge in [0.2, 0.25) is 11.8 Å². The van der Waals surface area contributed by atoms with Crippen molar-refractivity contribution in [2.45, 2.75) is 18.7 Å². The minimum atomic E-state index is -0.523. The molecule has 2 aromatic carbocycles. The van der Waals surface area contributed by atoms with Gasteiger partial charge in [0.05, 0.1) is 5.75 Å². The first-order chi connectivity index (χ1) is 11.8. The number of benzene rings is 2. The summed E-state index contributed by atoms with van der Waals surface area (Å²) in [6.45, 7) is 2.78. The summed E-state index contributed by atoms with van der Waals surface area (Å²) in [6, 6.07) is 10.9. The third kappa shape index (κ3) is 5.72. The van der Waals surface area contributed by atoms with E-state index in [1.165, 1.54) is 32.0 Å². The molecule has 0 heterocycles. The van der Waals surface area contributed by atoms with Crippen molar-refractivity contribution in [2.24, 2.45) is 0 Å². The van der Waals surface area contributed by atoms with Gasteiger partial charge in [-0.25, -0.2) is 4.39 Å². The molecule has 0 bridgehead atoms. The Hall–Kier alpha value is -2.67. The molecule has 0 saturated heterocycles. The van der Waals surface area contributed by atoms with Gasteiger partial charge in [0.1, 0.15) is 5.82 Å². The molecule has 130 valence electrons. The number of anilines is 2. The van der Waals surface area contributed by atoms with Gasteiger partial charge in [-0.05, 0) is 43.3 Å². The summed E-state index contributed by atoms with van der Waals surface area (Å²) in [7, 11) is 0. The van der Waals surface area contributed by atoms with Crippen molar-refractivity contribution in [2.75, 3.05) is 16.4 Å². The highest BCUT2D eigenvalue weighted by Gasteiger charge is 2.10. The molecule has 7 heteroatoms. The van der Waals surface area contributed by atoms with Gasteiger partial charge in [0, 0.05) is 28.8 Å². The average Bonchev–Trinajstić information content (AvgIpc) is 2.55. The predicted octanol–water partition coefficient (Wildman–Crippen LogP) is 3.72. The second-order valence-electron chi connectivity index (χ2n) is 5.30. The summed E-state index contributed by atoms with van der Waals surface area (Å²) in [5, 5.41) is 5.32. The second kappa shape index (κ2) is 8.43. The van der Waals surface area contributed by atoms with Crippen LogP contribution in [0.15, 0.2) is 47.4 Å². The maximum Gasteiger partial charge on any atom is 0.234 e. The first-order valence-corrected chi connectivity index (χ1v) is 8.44. The van der Waals surface area contributed by atoms with Crippen LogP contribution in [0.5, 0.6) is 0 Å². The molecule has 0 unspecified atom stereocenters. The van der Waals surface area contributed by atoms with E-state index in [9.17, 15) is 18.8 Å². The van der Waals surface area contributed by atoms with E-state index >= 15 is 0 Å². The minimum Gasteiger partial charge on any atom is -0.326 e. The molecule has 0 aromatic heterocycles. The molecule has 25 heavy (non-hydrogen) atoms. The van der Waals surface area contributed by atoms with E-state index in [1.54, 1.807) is 24.3 Å². The maximum absolute atomic E-state index is 13.9. The summed E-state index contributed by atoms with van der Waals surface area (Å²) in [5.74, 6) is -1.16. The Morgan fingerprint density at radius 3 is 2.08 bits per heavy atom. The summed E-state index contributed by atoms with van der Waals surface area (Å²) >= 11 is 1.05. The van der Waals surface area contributed by atoms with E-state index in [0.29, 0.717) is 21.8 Å². The number of rotatable bonds is 6. The molecule has 5 nitrogen and oxygen atoms in total. The zero-order valence-corrected chi connectivity index (χ0v) is 14.6. The van der Waals surface area contributed by atoms with Gasteiger partial charge in [-0.2, -0.15) is 0 Å². The van der Waals surface area contributed by atoms with Crippen molar-refractivity contribution in [1.82, 2.24) is 0 Å². The molecule has 0 atom stereocenters. The second-order valence-corrected chi connectivity index (χ2v) is 6.31. The Balaban J connectivity index is 1.90. The molecule has 0 fully saturated rings. The van der Waals surface area contributed by atoms with Crippen LogP contribution in [0.2, 0.25) is 0 Å². The lowest BCUT2D eigenvalue weighted by Crippen LogP contribution is -2.14. The molecule has 0 aliphatic heterocycles. The Labute approximate surface area is 149 Å². The van der Waals surface area contributed by atoms with Gasteiger partial charge in [0.25, 0.3) is 0 Å². The van der Waals surface area contributed by atoms with Gasteiger partial charge in [0.15, 0.2) is 5.78 Å². The van der Waals surface area contributed by atoms with Gasteiger partial charge < -0.3 is 10.6 Å². The number of carbonyl (C=O) groups excluding carboxylic acids is 3. The Morgan fingerprint density at radius 1 is 0.960 bits per heavy atom. The van der Waals surface area contributed by atoms with Crippen molar-refractivity contribution in [3.63, 3.8) is 0 Å². The lowest BCUT2D eigenvalue weighted by Gasteiger charge is -2.08. The van der Waals surface area contributed by atoms with E-state index in [1.807, 2.05) is 0 Å². The van der Waals surface area contributed by atoms with E-state index in [2.05, 4.69) is 10.6 Å². The summed E-state index contributed by atoms with van der Waals surface area (Å²) in [4.78, 5) is 34.4. The SMILES string of the molecule is CC(=O)Nc1ccc(NC(=O)CSc2ccc(C(C)=O)cc2F)cc1. The van der Waals surface area contributed by atoms with E-state index in [0.717, 1.165) is 11.8 Å². The van der Waals surface area contributed by atoms with Crippen LogP contribution in [0.3, 0.4) is 0 Å². The van der Waals surface area contributed by atoms with Gasteiger partial charge in [-0.1, -0.05) is 6.07 Å². The minimum absolute atomic E-state index is 0.0315. The van der Waals surface area contributed by atoms with Crippen LogP contribution in [-0.2, 0) is 9.59 Å². The van der Waals surface area contributed by atoms with E-state index < -0.39 is 5.82 Å². The van der Waals surface area contributed by atoms with E-state index in [4.69, 9.17) is 0 Å². The molecule has 0 aliphatic carbocycles. The van der Waals surface area contributed by atoms with Crippen molar-refractivity contribution < 1.29 is 18.8 Å². The quantitative estimate of drug-likeness (QED) is 0.608. The molecule has 0 saturated carbocycles. The zero-order valence-electron chi connectivity index (χ0n) is 13.8. The van der Waals surface area contributed by atoms with E-state index in [-0.39, 0.29) is 23.4 Å². The number of hydrogen-bond acceptors (Lipinski definition) is 4. The normalized spacial score (nSPS) is 10.2. The van der Waals surface area contributed by atoms with Crippen molar-refractivity contribution in [1.29, 1.82) is 0 Å². The first-order valence-electron chi connectivity index (χ1n) is 7.46. The number of ketones is 1. The van der Waals surface area contributed by atoms with Crippen LogP contribution in [-0.4, -0.2) is 23.4 Å². The Bertz CT molecular complexity index is 806. The van der Waals surface area contributed by atoms with Crippen LogP contribution in [0, 0.1) is 5.82 Å². The summed E-state index contributed by atoms with van der Waals surface area (Å²) < 4.78 is 13.9. The summed E-state index contributed by atoms with van der Waals surface area (Å²) in [6.07, 6.45) is 0. The summed E-state index contributed by atoms with van der Waals surface area (Å²) in [5.41, 5.74) is 1.50. The van der Waals surface area contributed by atoms with Crippen molar-refractivity contribution in [3.05, 3.63) is 53.8 Å². The lowest BCUT2D eigenvalue weighted by atomic mass is 10.1. The number of amides is 2. The molecule has 0 spiro atoms. The van der Waals surface area contributed by atoms with Gasteiger partial charge in [-0.15, -0.1) is 11.8 Å². The molecule has 2 rings (SSSR count). The van der Waals surface area contributed by atoms with Crippen molar-refractivity contribution in [3.8, 4) is 0 Å². The average molecular weight is 360 g/mol. The predicted molar refractivity (Wildman–Crippen MR) is 96.5 cm³/mol. The number of carbonyl (C=O) groups is 3. The number of thioether (sulfide) groups is 1. The topological polar surface area (TPSA) is 75.3 Å². The van der Waals surface area contributed by atoms with Gasteiger partial charge >= 0.3 is 0 Å². The molecule has 2 aromatic rings. The Kier molecular flexibility index (Phi) is 6.30. The van der Waals surface area contributed by atoms with Crippen LogP contribution in [0.1, 0.15) is 24.2 Å². The Morgan fingerprint density at radius 2 is 1.56 bits per heavy atom. The molecule has 0 aliphatic rings. The molecular formula is C18H17FN2O3S. The highest BCUT2D eigenvalue weighted by Crippen LogP contribution is 2.23. The van der Waals surface area contributed by atoms with Gasteiger partial charge in [-0.3, -0.25) is 14.4 Å². The third-order valence-corrected chi connectivity index (χ3v) is 4.23. The molecule has 0 radical (unpaired) electrons. The number of hydrogen-bond donors (Lipinski definition) is 2. The smallest absolute Gasteiger partial charge is 0.234 e. The van der Waals surface area contributed by atoms with Crippen LogP contribution in [0.25, 0.3) is 0 Å². The standard InChI is InChI=1S/C18H17FN2O3S/c1-11(22)13-3-8-17(16(19)9-13)25-10-18(24)21-15-6-4-14(5-7-15)20-12(2)23/h3-9H,10H2,1-2H3,(H,20,23)(H,21,24). The van der Waals surface area contributed by atoms with Crippen LogP contribution < -0.4 is 10.6 Å². The van der Waals surface area contributed by atoms with Crippen LogP contribution >= 0.6 is 11.8 Å². The lowest BCUT2D eigenvalue weighted by molar-refractivity contribution is -0.114. The van der Waals surface area contributed by atoms with Crippen LogP contribution in [0.4, 0.5) is 15.8 Å². The molecular weight excluding hydrogens is 343 g/mol. The fraction of sp³-hybridized carbons (Fsp3) is 0.167. The van der Waals surface area contributed by atoms with Crippen molar-refractivity contribution >= 4 is 40.7 Å². The molecule has 2 amide bonds. The fourth-order valence-corrected chi connectivity index (χ4v) is 2.74. The maximum atomic E-state index is 13.9. The monoisotopic (exact) mass is 360 g/mol. The highest BCUT2D eigenvalue weighted by atomic mass is 32.2. The molecule has 2 N–H and O–H groups in total. The first kappa shape index (κ1) is 18.7. The largest absolute Gasteiger partial charge is 0.326 e. The number of nitrogens with one attached hydrogen (secondary N) is 2. The zero-order chi connectivity index (χ0) is 18.4. The third-order valence-electron chi connectivity index (χ3n) is 3.19. The fourth-order valence-electron chi connectivity index (χ4n) is 2.02. The number of Topliss-reactive ketones (excluding diaryl/α,β-unsaturated/α-hetero) is 1. The highest BCUT2D eigenvalue weighted by molar-refractivity contribution is 8.00.